The van der Waals surface area contributed by atoms with Crippen molar-refractivity contribution in [2.24, 2.45) is 11.8 Å². The summed E-state index contributed by atoms with van der Waals surface area (Å²) in [5.41, 5.74) is 9.70. The van der Waals surface area contributed by atoms with Crippen LogP contribution in [0.2, 0.25) is 0 Å². The van der Waals surface area contributed by atoms with Gasteiger partial charge in [-0.1, -0.05) is 6.07 Å². The van der Waals surface area contributed by atoms with Crippen LogP contribution in [0.4, 0.5) is 11.6 Å². The number of aromatic nitrogens is 4. The number of fused-ring (bicyclic) bond motifs is 2. The molecule has 1 amide bonds. The Hall–Kier alpha value is -3.42. The highest BCUT2D eigenvalue weighted by atomic mass is 16.1. The molecule has 8 nitrogen and oxygen atoms in total. The first-order valence-corrected chi connectivity index (χ1v) is 11.4. The van der Waals surface area contributed by atoms with Gasteiger partial charge in [0.15, 0.2) is 0 Å². The Labute approximate surface area is 186 Å². The van der Waals surface area contributed by atoms with Crippen LogP contribution in [0.3, 0.4) is 0 Å². The van der Waals surface area contributed by atoms with Crippen LogP contribution >= 0.6 is 0 Å². The monoisotopic (exact) mass is 429 g/mol. The maximum Gasteiger partial charge on any atom is 0.254 e. The first-order chi connectivity index (χ1) is 15.6. The molecule has 4 atom stereocenters. The first-order valence-electron chi connectivity index (χ1n) is 11.4. The zero-order valence-corrected chi connectivity index (χ0v) is 18.1. The Morgan fingerprint density at radius 1 is 1.19 bits per heavy atom. The SMILES string of the molecule is CC(c1ccc(N2CC3CC3C2)nc1)n1cc(C(=O)NC2CCc3c2ccnc3N)cn1. The average Bonchev–Trinajstić information content (AvgIpc) is 3.22. The number of carbonyl (C=O) groups excluding carboxylic acids is 1. The standard InChI is InChI=1S/C24H27N7O/c1-14(15-2-5-22(27-9-15)30-11-16-8-17(16)12-30)31-13-18(10-28-31)24(32)29-21-4-3-20-19(21)6-7-26-23(20)25/h2,5-7,9-10,13-14,16-17,21H,3-4,8,11-12H2,1H3,(H2,25,26)(H,29,32). The van der Waals surface area contributed by atoms with E-state index in [0.717, 1.165) is 60.3 Å². The van der Waals surface area contributed by atoms with Gasteiger partial charge in [0.25, 0.3) is 5.91 Å². The highest BCUT2D eigenvalue weighted by Gasteiger charge is 2.45. The van der Waals surface area contributed by atoms with E-state index in [-0.39, 0.29) is 18.0 Å². The van der Waals surface area contributed by atoms with Crippen molar-refractivity contribution in [2.45, 2.75) is 38.3 Å². The van der Waals surface area contributed by atoms with Crippen LogP contribution in [-0.2, 0) is 6.42 Å². The summed E-state index contributed by atoms with van der Waals surface area (Å²) in [6.45, 7) is 4.34. The third kappa shape index (κ3) is 3.30. The van der Waals surface area contributed by atoms with E-state index in [1.807, 2.05) is 16.9 Å². The number of pyridine rings is 2. The second kappa shape index (κ2) is 7.32. The van der Waals surface area contributed by atoms with E-state index in [2.05, 4.69) is 39.4 Å². The van der Waals surface area contributed by atoms with E-state index in [4.69, 9.17) is 10.7 Å². The van der Waals surface area contributed by atoms with Crippen LogP contribution in [0.1, 0.15) is 58.9 Å². The molecule has 32 heavy (non-hydrogen) atoms. The number of hydrogen-bond donors (Lipinski definition) is 2. The lowest BCUT2D eigenvalue weighted by atomic mass is 10.1. The van der Waals surface area contributed by atoms with Gasteiger partial charge in [-0.05, 0) is 66.8 Å². The summed E-state index contributed by atoms with van der Waals surface area (Å²) in [6.07, 6.45) is 10.1. The van der Waals surface area contributed by atoms with E-state index in [1.165, 1.54) is 6.42 Å². The van der Waals surface area contributed by atoms with Gasteiger partial charge in [-0.15, -0.1) is 0 Å². The number of piperidine rings is 1. The molecular weight excluding hydrogens is 402 g/mol. The zero-order valence-electron chi connectivity index (χ0n) is 18.1. The number of nitrogens with two attached hydrogens (primary N) is 1. The van der Waals surface area contributed by atoms with E-state index >= 15 is 0 Å². The summed E-state index contributed by atoms with van der Waals surface area (Å²) in [5, 5.41) is 7.57. The van der Waals surface area contributed by atoms with E-state index in [0.29, 0.717) is 11.4 Å². The molecular formula is C24H27N7O. The number of carbonyl (C=O) groups is 1. The number of nitrogens with one attached hydrogen (secondary N) is 1. The van der Waals surface area contributed by atoms with E-state index in [1.54, 1.807) is 18.6 Å². The maximum atomic E-state index is 12.9. The Morgan fingerprint density at radius 2 is 2.03 bits per heavy atom. The molecule has 8 heteroatoms. The second-order valence-corrected chi connectivity index (χ2v) is 9.32. The lowest BCUT2D eigenvalue weighted by molar-refractivity contribution is 0.0936. The number of amides is 1. The molecule has 0 aromatic carbocycles. The van der Waals surface area contributed by atoms with Crippen LogP contribution in [0.15, 0.2) is 43.0 Å². The average molecular weight is 430 g/mol. The molecule has 3 aromatic rings. The van der Waals surface area contributed by atoms with Crippen molar-refractivity contribution in [2.75, 3.05) is 23.7 Å². The molecule has 2 fully saturated rings. The molecule has 4 unspecified atom stereocenters. The highest BCUT2D eigenvalue weighted by Crippen LogP contribution is 2.45. The molecule has 1 saturated heterocycles. The third-order valence-corrected chi connectivity index (χ3v) is 7.31. The molecule has 1 saturated carbocycles. The fourth-order valence-corrected chi connectivity index (χ4v) is 5.20. The minimum atomic E-state index is -0.127. The Bertz CT molecular complexity index is 1160. The molecule has 0 bridgehead atoms. The minimum Gasteiger partial charge on any atom is -0.383 e. The molecule has 0 radical (unpaired) electrons. The number of nitrogens with zero attached hydrogens (tertiary/aromatic N) is 5. The molecule has 3 N–H and O–H groups in total. The number of nitrogen functional groups attached to an aromatic ring is 1. The van der Waals surface area contributed by atoms with Gasteiger partial charge in [-0.25, -0.2) is 9.97 Å². The quantitative estimate of drug-likeness (QED) is 0.647. The first kappa shape index (κ1) is 19.3. The van der Waals surface area contributed by atoms with Crippen LogP contribution in [0.25, 0.3) is 0 Å². The summed E-state index contributed by atoms with van der Waals surface area (Å²) < 4.78 is 1.82. The summed E-state index contributed by atoms with van der Waals surface area (Å²) in [7, 11) is 0. The van der Waals surface area contributed by atoms with E-state index < -0.39 is 0 Å². The van der Waals surface area contributed by atoms with Crippen LogP contribution in [0, 0.1) is 11.8 Å². The lowest BCUT2D eigenvalue weighted by Gasteiger charge is -2.20. The molecule has 6 rings (SSSR count). The fourth-order valence-electron chi connectivity index (χ4n) is 5.20. The predicted molar refractivity (Wildman–Crippen MR) is 121 cm³/mol. The van der Waals surface area contributed by atoms with Crippen molar-refractivity contribution < 1.29 is 4.79 Å². The topological polar surface area (TPSA) is 102 Å². The van der Waals surface area contributed by atoms with Gasteiger partial charge in [0.2, 0.25) is 0 Å². The number of rotatable bonds is 5. The normalized spacial score (nSPS) is 24.2. The molecule has 3 aromatic heterocycles. The van der Waals surface area contributed by atoms with Crippen LogP contribution in [0.5, 0.6) is 0 Å². The lowest BCUT2D eigenvalue weighted by Crippen LogP contribution is -2.27. The zero-order chi connectivity index (χ0) is 21.8. The van der Waals surface area contributed by atoms with Crippen molar-refractivity contribution >= 4 is 17.5 Å². The smallest absolute Gasteiger partial charge is 0.254 e. The summed E-state index contributed by atoms with van der Waals surface area (Å²) in [5.74, 6) is 3.26. The number of hydrogen-bond acceptors (Lipinski definition) is 6. The van der Waals surface area contributed by atoms with Gasteiger partial charge >= 0.3 is 0 Å². The van der Waals surface area contributed by atoms with Crippen molar-refractivity contribution in [1.29, 1.82) is 0 Å². The molecule has 1 aliphatic heterocycles. The van der Waals surface area contributed by atoms with Crippen LogP contribution < -0.4 is 16.0 Å². The van der Waals surface area contributed by atoms with Gasteiger partial charge < -0.3 is 16.0 Å². The van der Waals surface area contributed by atoms with Crippen molar-refractivity contribution in [3.05, 3.63) is 65.2 Å². The predicted octanol–water partition coefficient (Wildman–Crippen LogP) is 2.74. The second-order valence-electron chi connectivity index (χ2n) is 9.32. The molecule has 3 aliphatic rings. The Balaban J connectivity index is 1.13. The van der Waals surface area contributed by atoms with Crippen molar-refractivity contribution in [3.8, 4) is 0 Å². The summed E-state index contributed by atoms with van der Waals surface area (Å²) in [6, 6.07) is 6.11. The summed E-state index contributed by atoms with van der Waals surface area (Å²) >= 11 is 0. The van der Waals surface area contributed by atoms with Crippen LogP contribution in [-0.4, -0.2) is 38.7 Å². The third-order valence-electron chi connectivity index (χ3n) is 7.31. The van der Waals surface area contributed by atoms with Crippen molar-refractivity contribution in [3.63, 3.8) is 0 Å². The Kier molecular flexibility index (Phi) is 4.41. The minimum absolute atomic E-state index is 0.0110. The highest BCUT2D eigenvalue weighted by molar-refractivity contribution is 5.94. The molecule has 0 spiro atoms. The molecule has 4 heterocycles. The van der Waals surface area contributed by atoms with Gasteiger partial charge in [0, 0.05) is 31.7 Å². The van der Waals surface area contributed by atoms with Gasteiger partial charge in [0.1, 0.15) is 11.6 Å². The van der Waals surface area contributed by atoms with Gasteiger partial charge in [-0.3, -0.25) is 9.48 Å². The molecule has 164 valence electrons. The van der Waals surface area contributed by atoms with Gasteiger partial charge in [0.05, 0.1) is 23.8 Å². The Morgan fingerprint density at radius 3 is 2.81 bits per heavy atom. The maximum absolute atomic E-state index is 12.9. The van der Waals surface area contributed by atoms with Crippen molar-refractivity contribution in [1.82, 2.24) is 25.1 Å². The largest absolute Gasteiger partial charge is 0.383 e. The fraction of sp³-hybridized carbons (Fsp3) is 0.417. The van der Waals surface area contributed by atoms with E-state index in [9.17, 15) is 4.79 Å². The molecule has 2 aliphatic carbocycles. The van der Waals surface area contributed by atoms with Gasteiger partial charge in [-0.2, -0.15) is 5.10 Å². The number of anilines is 2. The summed E-state index contributed by atoms with van der Waals surface area (Å²) in [4.78, 5) is 24.1.